The van der Waals surface area contributed by atoms with Gasteiger partial charge in [-0.2, -0.15) is 0 Å². The van der Waals surface area contributed by atoms with Gasteiger partial charge in [-0.1, -0.05) is 6.07 Å². The van der Waals surface area contributed by atoms with Crippen LogP contribution in [0.2, 0.25) is 0 Å². The monoisotopic (exact) mass is 400 g/mol. The molecule has 2 aromatic carbocycles. The first kappa shape index (κ1) is 21.0. The summed E-state index contributed by atoms with van der Waals surface area (Å²) >= 11 is 0. The average Bonchev–Trinajstić information content (AvgIpc) is 2.75. The topological polar surface area (TPSA) is 103 Å². The summed E-state index contributed by atoms with van der Waals surface area (Å²) in [5, 5.41) is 12.7. The van der Waals surface area contributed by atoms with E-state index in [0.717, 1.165) is 18.4 Å². The van der Waals surface area contributed by atoms with Crippen LogP contribution in [0.4, 0.5) is 0 Å². The molecule has 0 unspecified atom stereocenters. The largest absolute Gasteiger partial charge is 0.496 e. The number of carbonyl (C=O) groups is 1. The zero-order chi connectivity index (χ0) is 20.8. The third-order valence-electron chi connectivity index (χ3n) is 5.16. The van der Waals surface area contributed by atoms with E-state index in [2.05, 4.69) is 5.32 Å². The van der Waals surface area contributed by atoms with Gasteiger partial charge < -0.3 is 30.4 Å². The first-order chi connectivity index (χ1) is 14.0. The number of nitrogens with two attached hydrogens (primary N) is 1. The fourth-order valence-corrected chi connectivity index (χ4v) is 3.47. The van der Waals surface area contributed by atoms with Crippen LogP contribution in [-0.4, -0.2) is 37.4 Å². The molecule has 156 valence electrons. The Morgan fingerprint density at radius 1 is 1.03 bits per heavy atom. The van der Waals surface area contributed by atoms with Crippen molar-refractivity contribution in [1.29, 1.82) is 0 Å². The van der Waals surface area contributed by atoms with Crippen molar-refractivity contribution in [2.75, 3.05) is 14.2 Å². The quantitative estimate of drug-likeness (QED) is 0.660. The predicted molar refractivity (Wildman–Crippen MR) is 110 cm³/mol. The lowest BCUT2D eigenvalue weighted by molar-refractivity contribution is 0.0867. The number of nitrogens with one attached hydrogen (secondary N) is 1. The summed E-state index contributed by atoms with van der Waals surface area (Å²) in [6.07, 6.45) is 2.72. The van der Waals surface area contributed by atoms with E-state index in [1.54, 1.807) is 44.6 Å². The van der Waals surface area contributed by atoms with Crippen LogP contribution in [0.15, 0.2) is 36.4 Å². The Labute approximate surface area is 170 Å². The minimum absolute atomic E-state index is 0.0745. The van der Waals surface area contributed by atoms with E-state index in [1.807, 2.05) is 6.07 Å². The smallest absolute Gasteiger partial charge is 0.251 e. The summed E-state index contributed by atoms with van der Waals surface area (Å²) in [6.45, 7) is 0.362. The van der Waals surface area contributed by atoms with Crippen molar-refractivity contribution in [3.8, 4) is 23.0 Å². The highest BCUT2D eigenvalue weighted by atomic mass is 16.5. The second kappa shape index (κ2) is 9.62. The van der Waals surface area contributed by atoms with Gasteiger partial charge in [-0.25, -0.2) is 0 Å². The molecule has 0 heterocycles. The highest BCUT2D eigenvalue weighted by Crippen LogP contribution is 2.34. The molecule has 0 saturated heterocycles. The van der Waals surface area contributed by atoms with Gasteiger partial charge in [-0.05, 0) is 49.9 Å². The maximum atomic E-state index is 12.7. The summed E-state index contributed by atoms with van der Waals surface area (Å²) in [4.78, 5) is 12.7. The van der Waals surface area contributed by atoms with Crippen molar-refractivity contribution in [3.63, 3.8) is 0 Å². The number of methoxy groups -OCH3 is 2. The molecule has 0 atom stereocenters. The first-order valence-corrected chi connectivity index (χ1v) is 9.75. The molecule has 0 aliphatic heterocycles. The standard InChI is InChI=1S/C22H28N2O5/c1-27-19-10-4-14(22(26)24-16-5-7-17(25)8-6-16)11-21(19)29-18-9-3-15(13-23)20(12-18)28-2/h3-4,9-12,16-17,25H,5-8,13,23H2,1-2H3,(H,24,26). The number of carbonyl (C=O) groups excluding carboxylic acids is 1. The van der Waals surface area contributed by atoms with Gasteiger partial charge in [0.15, 0.2) is 11.5 Å². The molecule has 29 heavy (non-hydrogen) atoms. The van der Waals surface area contributed by atoms with Gasteiger partial charge in [0.25, 0.3) is 5.91 Å². The van der Waals surface area contributed by atoms with Gasteiger partial charge in [-0.3, -0.25) is 4.79 Å². The van der Waals surface area contributed by atoms with Gasteiger partial charge in [0, 0.05) is 29.8 Å². The molecule has 7 nitrogen and oxygen atoms in total. The molecule has 1 amide bonds. The lowest BCUT2D eigenvalue weighted by atomic mass is 9.93. The number of amides is 1. The van der Waals surface area contributed by atoms with Crippen molar-refractivity contribution in [2.45, 2.75) is 44.4 Å². The number of aliphatic hydroxyl groups is 1. The van der Waals surface area contributed by atoms with E-state index >= 15 is 0 Å². The predicted octanol–water partition coefficient (Wildman–Crippen LogP) is 2.99. The van der Waals surface area contributed by atoms with Crippen LogP contribution in [0.25, 0.3) is 0 Å². The Bertz CT molecular complexity index is 847. The average molecular weight is 400 g/mol. The summed E-state index contributed by atoms with van der Waals surface area (Å²) in [5.41, 5.74) is 7.07. The van der Waals surface area contributed by atoms with Gasteiger partial charge >= 0.3 is 0 Å². The van der Waals surface area contributed by atoms with Crippen molar-refractivity contribution in [1.82, 2.24) is 5.32 Å². The first-order valence-electron chi connectivity index (χ1n) is 9.75. The zero-order valence-electron chi connectivity index (χ0n) is 16.8. The van der Waals surface area contributed by atoms with E-state index in [9.17, 15) is 9.90 Å². The van der Waals surface area contributed by atoms with Crippen LogP contribution >= 0.6 is 0 Å². The van der Waals surface area contributed by atoms with Gasteiger partial charge in [0.1, 0.15) is 11.5 Å². The van der Waals surface area contributed by atoms with Crippen molar-refractivity contribution >= 4 is 5.91 Å². The fourth-order valence-electron chi connectivity index (χ4n) is 3.47. The van der Waals surface area contributed by atoms with Crippen molar-refractivity contribution in [3.05, 3.63) is 47.5 Å². The summed E-state index contributed by atoms with van der Waals surface area (Å²) in [6, 6.07) is 10.5. The van der Waals surface area contributed by atoms with Gasteiger partial charge in [-0.15, -0.1) is 0 Å². The number of ether oxygens (including phenoxy) is 3. The Morgan fingerprint density at radius 2 is 1.76 bits per heavy atom. The van der Waals surface area contributed by atoms with Crippen LogP contribution in [0.1, 0.15) is 41.6 Å². The number of aliphatic hydroxyl groups excluding tert-OH is 1. The maximum absolute atomic E-state index is 12.7. The Balaban J connectivity index is 1.77. The molecule has 1 aliphatic rings. The molecule has 1 fully saturated rings. The Morgan fingerprint density at radius 3 is 2.41 bits per heavy atom. The fraction of sp³-hybridized carbons (Fsp3) is 0.409. The molecule has 0 aromatic heterocycles. The summed E-state index contributed by atoms with van der Waals surface area (Å²) < 4.78 is 16.7. The van der Waals surface area contributed by atoms with Crippen LogP contribution < -0.4 is 25.3 Å². The number of benzene rings is 2. The molecule has 3 rings (SSSR count). The second-order valence-corrected chi connectivity index (χ2v) is 7.12. The van der Waals surface area contributed by atoms with E-state index in [4.69, 9.17) is 19.9 Å². The molecule has 0 spiro atoms. The lowest BCUT2D eigenvalue weighted by Gasteiger charge is -2.26. The van der Waals surface area contributed by atoms with Crippen LogP contribution in [-0.2, 0) is 6.54 Å². The molecular formula is C22H28N2O5. The number of hydrogen-bond donors (Lipinski definition) is 3. The summed E-state index contributed by atoms with van der Waals surface area (Å²) in [5.74, 6) is 1.97. The van der Waals surface area contributed by atoms with Crippen LogP contribution in [0, 0.1) is 0 Å². The summed E-state index contributed by atoms with van der Waals surface area (Å²) in [7, 11) is 3.13. The second-order valence-electron chi connectivity index (χ2n) is 7.12. The molecule has 0 radical (unpaired) electrons. The molecule has 1 saturated carbocycles. The Kier molecular flexibility index (Phi) is 6.95. The highest BCUT2D eigenvalue weighted by Gasteiger charge is 2.22. The minimum Gasteiger partial charge on any atom is -0.496 e. The van der Waals surface area contributed by atoms with Crippen molar-refractivity contribution in [2.24, 2.45) is 5.73 Å². The lowest BCUT2D eigenvalue weighted by Crippen LogP contribution is -2.38. The Hall–Kier alpha value is -2.77. The van der Waals surface area contributed by atoms with Gasteiger partial charge in [0.2, 0.25) is 0 Å². The third-order valence-corrected chi connectivity index (χ3v) is 5.16. The molecule has 0 bridgehead atoms. The molecule has 2 aromatic rings. The molecule has 7 heteroatoms. The normalized spacial score (nSPS) is 18.8. The number of rotatable bonds is 7. The van der Waals surface area contributed by atoms with E-state index in [1.165, 1.54) is 0 Å². The maximum Gasteiger partial charge on any atom is 0.251 e. The van der Waals surface area contributed by atoms with E-state index in [-0.39, 0.29) is 18.1 Å². The SMILES string of the molecule is COc1cc(Oc2cc(C(=O)NC3CCC(O)CC3)ccc2OC)ccc1CN. The van der Waals surface area contributed by atoms with Gasteiger partial charge in [0.05, 0.1) is 20.3 Å². The van der Waals surface area contributed by atoms with Crippen LogP contribution in [0.5, 0.6) is 23.0 Å². The zero-order valence-corrected chi connectivity index (χ0v) is 16.8. The van der Waals surface area contributed by atoms with Crippen LogP contribution in [0.3, 0.4) is 0 Å². The minimum atomic E-state index is -0.258. The molecule has 1 aliphatic carbocycles. The van der Waals surface area contributed by atoms with E-state index in [0.29, 0.717) is 47.9 Å². The van der Waals surface area contributed by atoms with Crippen molar-refractivity contribution < 1.29 is 24.1 Å². The molecular weight excluding hydrogens is 372 g/mol. The van der Waals surface area contributed by atoms with E-state index < -0.39 is 0 Å². The number of hydrogen-bond acceptors (Lipinski definition) is 6. The highest BCUT2D eigenvalue weighted by molar-refractivity contribution is 5.95. The third kappa shape index (κ3) is 5.19. The molecule has 4 N–H and O–H groups in total.